The van der Waals surface area contributed by atoms with E-state index < -0.39 is 5.91 Å². The van der Waals surface area contributed by atoms with Gasteiger partial charge in [-0.25, -0.2) is 0 Å². The number of carbonyl (C=O) groups excluding carboxylic acids is 2. The van der Waals surface area contributed by atoms with Gasteiger partial charge in [0.2, 0.25) is 0 Å². The van der Waals surface area contributed by atoms with Crippen molar-refractivity contribution in [3.63, 3.8) is 0 Å². The number of ketones is 1. The maximum atomic E-state index is 13.1. The summed E-state index contributed by atoms with van der Waals surface area (Å²) in [6.07, 6.45) is 3.31. The summed E-state index contributed by atoms with van der Waals surface area (Å²) in [5.41, 5.74) is 12.1. The van der Waals surface area contributed by atoms with Crippen molar-refractivity contribution in [2.24, 2.45) is 11.1 Å². The topological polar surface area (TPSA) is 89.2 Å². The molecular formula is C25H34N4O2. The van der Waals surface area contributed by atoms with Crippen LogP contribution in [0.1, 0.15) is 78.2 Å². The van der Waals surface area contributed by atoms with Gasteiger partial charge in [-0.05, 0) is 75.8 Å². The average molecular weight is 423 g/mol. The fourth-order valence-corrected chi connectivity index (χ4v) is 5.13. The molecule has 0 unspecified atom stereocenters. The summed E-state index contributed by atoms with van der Waals surface area (Å²) < 4.78 is 2.27. The molecule has 31 heavy (non-hydrogen) atoms. The molecule has 1 aliphatic heterocycles. The Morgan fingerprint density at radius 3 is 2.61 bits per heavy atom. The molecule has 1 aromatic carbocycles. The van der Waals surface area contributed by atoms with Gasteiger partial charge in [-0.1, -0.05) is 13.8 Å². The number of amides is 1. The van der Waals surface area contributed by atoms with Gasteiger partial charge in [0.25, 0.3) is 5.91 Å². The number of aromatic nitrogens is 1. The second-order valence-corrected chi connectivity index (χ2v) is 10.0. The molecule has 1 amide bonds. The van der Waals surface area contributed by atoms with E-state index >= 15 is 0 Å². The van der Waals surface area contributed by atoms with Gasteiger partial charge in [0, 0.05) is 46.8 Å². The van der Waals surface area contributed by atoms with Crippen molar-refractivity contribution in [3.05, 3.63) is 46.3 Å². The van der Waals surface area contributed by atoms with Crippen molar-refractivity contribution < 1.29 is 9.59 Å². The molecule has 6 heteroatoms. The largest absolute Gasteiger partial charge is 0.380 e. The summed E-state index contributed by atoms with van der Waals surface area (Å²) in [7, 11) is 0. The fraction of sp³-hybridized carbons (Fsp3) is 0.520. The van der Waals surface area contributed by atoms with Gasteiger partial charge < -0.3 is 20.9 Å². The van der Waals surface area contributed by atoms with E-state index in [1.165, 1.54) is 5.69 Å². The molecule has 0 saturated heterocycles. The lowest BCUT2D eigenvalue weighted by Gasteiger charge is -2.30. The van der Waals surface area contributed by atoms with E-state index in [4.69, 9.17) is 5.73 Å². The molecule has 1 aromatic heterocycles. The summed E-state index contributed by atoms with van der Waals surface area (Å²) in [5, 5.41) is 7.08. The molecule has 2 atom stereocenters. The van der Waals surface area contributed by atoms with E-state index in [9.17, 15) is 9.59 Å². The van der Waals surface area contributed by atoms with E-state index in [2.05, 4.69) is 49.8 Å². The van der Waals surface area contributed by atoms with Crippen LogP contribution in [0.5, 0.6) is 0 Å². The number of rotatable bonds is 1. The molecule has 6 nitrogen and oxygen atoms in total. The summed E-state index contributed by atoms with van der Waals surface area (Å²) >= 11 is 0. The van der Waals surface area contributed by atoms with Crippen molar-refractivity contribution in [1.82, 2.24) is 9.88 Å². The van der Waals surface area contributed by atoms with Crippen molar-refractivity contribution in [3.8, 4) is 5.69 Å². The summed E-state index contributed by atoms with van der Waals surface area (Å²) in [4.78, 5) is 25.2. The second kappa shape index (κ2) is 7.83. The summed E-state index contributed by atoms with van der Waals surface area (Å²) in [5.74, 6) is -0.211. The summed E-state index contributed by atoms with van der Waals surface area (Å²) in [6, 6.07) is 6.12. The molecule has 1 aliphatic carbocycles. The molecule has 2 aromatic rings. The zero-order chi connectivity index (χ0) is 22.5. The molecule has 4 rings (SSSR count). The first-order valence-corrected chi connectivity index (χ1v) is 11.3. The number of fused-ring (bicyclic) bond motifs is 6. The smallest absolute Gasteiger partial charge is 0.250 e. The van der Waals surface area contributed by atoms with Crippen LogP contribution in [-0.4, -0.2) is 34.9 Å². The van der Waals surface area contributed by atoms with Crippen molar-refractivity contribution >= 4 is 17.4 Å². The number of primary amides is 1. The Morgan fingerprint density at radius 1 is 1.16 bits per heavy atom. The van der Waals surface area contributed by atoms with E-state index in [1.807, 2.05) is 12.1 Å². The number of nitrogens with zero attached hydrogens (tertiary/aromatic N) is 1. The van der Waals surface area contributed by atoms with Crippen molar-refractivity contribution in [2.75, 3.05) is 11.9 Å². The van der Waals surface area contributed by atoms with Gasteiger partial charge in [-0.15, -0.1) is 0 Å². The molecule has 0 fully saturated rings. The minimum absolute atomic E-state index is 0.0743. The maximum Gasteiger partial charge on any atom is 0.250 e. The Hall–Kier alpha value is -2.60. The third-order valence-electron chi connectivity index (χ3n) is 6.92. The second-order valence-electron chi connectivity index (χ2n) is 10.0. The Kier molecular flexibility index (Phi) is 5.46. The average Bonchev–Trinajstić information content (AvgIpc) is 2.94. The standard InChI is InChI=1S/C25H34N4O2/c1-14-20-7-6-10-27-15(2)16(3)28-19-11-17(8-9-18(19)24(26)31)29(20)21-12-25(4,5)13-22(30)23(14)21/h8-9,11,15-16,27-28H,6-7,10,12-13H2,1-5H3,(H2,26,31)/t15-,16-/m0/s1. The number of Topliss-reactive ketones (excluding diaryl/α,β-unsaturated/α-hetero) is 1. The minimum atomic E-state index is -0.448. The highest BCUT2D eigenvalue weighted by atomic mass is 16.1. The quantitative estimate of drug-likeness (QED) is 0.653. The van der Waals surface area contributed by atoms with Crippen LogP contribution in [0.15, 0.2) is 18.2 Å². The minimum Gasteiger partial charge on any atom is -0.380 e. The lowest BCUT2D eigenvalue weighted by molar-refractivity contribution is 0.0909. The molecule has 2 heterocycles. The molecule has 0 spiro atoms. The normalized spacial score (nSPS) is 23.1. The van der Waals surface area contributed by atoms with Gasteiger partial charge in [-0.2, -0.15) is 0 Å². The fourth-order valence-electron chi connectivity index (χ4n) is 5.13. The number of anilines is 1. The van der Waals surface area contributed by atoms with E-state index in [0.717, 1.165) is 54.0 Å². The van der Waals surface area contributed by atoms with E-state index in [-0.39, 0.29) is 23.3 Å². The van der Waals surface area contributed by atoms with Gasteiger partial charge in [0.1, 0.15) is 0 Å². The van der Waals surface area contributed by atoms with Crippen LogP contribution in [0.3, 0.4) is 0 Å². The Balaban J connectivity index is 1.96. The van der Waals surface area contributed by atoms with Gasteiger partial charge in [-0.3, -0.25) is 9.59 Å². The Bertz CT molecular complexity index is 1050. The monoisotopic (exact) mass is 422 g/mol. The third-order valence-corrected chi connectivity index (χ3v) is 6.92. The maximum absolute atomic E-state index is 13.1. The first kappa shape index (κ1) is 21.6. The van der Waals surface area contributed by atoms with Crippen molar-refractivity contribution in [2.45, 2.75) is 72.4 Å². The van der Waals surface area contributed by atoms with Gasteiger partial charge in [0.15, 0.2) is 5.78 Å². The van der Waals surface area contributed by atoms with Gasteiger partial charge in [0.05, 0.1) is 5.56 Å². The molecule has 2 aliphatic rings. The molecule has 0 radical (unpaired) electrons. The van der Waals surface area contributed by atoms with Crippen LogP contribution in [0, 0.1) is 12.3 Å². The van der Waals surface area contributed by atoms with E-state index in [1.54, 1.807) is 6.07 Å². The highest BCUT2D eigenvalue weighted by Crippen LogP contribution is 2.40. The predicted octanol–water partition coefficient (Wildman–Crippen LogP) is 3.76. The van der Waals surface area contributed by atoms with Crippen LogP contribution in [-0.2, 0) is 12.8 Å². The van der Waals surface area contributed by atoms with Crippen LogP contribution in [0.2, 0.25) is 0 Å². The highest BCUT2D eigenvalue weighted by molar-refractivity contribution is 6.01. The van der Waals surface area contributed by atoms with Crippen molar-refractivity contribution in [1.29, 1.82) is 0 Å². The molecular weight excluding hydrogens is 388 g/mol. The number of benzene rings is 1. The molecule has 0 saturated carbocycles. The predicted molar refractivity (Wildman–Crippen MR) is 124 cm³/mol. The third kappa shape index (κ3) is 3.89. The molecule has 2 bridgehead atoms. The first-order valence-electron chi connectivity index (χ1n) is 11.3. The SMILES string of the molecule is Cc1c2c(n3c1CCCN[C@@H](C)[C@H](C)Nc1cc-3ccc1C(N)=O)CC(C)(C)CC2=O. The summed E-state index contributed by atoms with van der Waals surface area (Å²) in [6.45, 7) is 11.5. The first-order chi connectivity index (χ1) is 14.6. The lowest BCUT2D eigenvalue weighted by atomic mass is 9.75. The number of hydrogen-bond donors (Lipinski definition) is 3. The molecule has 4 N–H and O–H groups in total. The highest BCUT2D eigenvalue weighted by Gasteiger charge is 2.36. The number of hydrogen-bond acceptors (Lipinski definition) is 4. The number of nitrogens with two attached hydrogens (primary N) is 1. The van der Waals surface area contributed by atoms with E-state index in [0.29, 0.717) is 12.0 Å². The van der Waals surface area contributed by atoms with Crippen LogP contribution in [0.25, 0.3) is 5.69 Å². The zero-order valence-electron chi connectivity index (χ0n) is 19.3. The van der Waals surface area contributed by atoms with Crippen LogP contribution < -0.4 is 16.4 Å². The van der Waals surface area contributed by atoms with Crippen LogP contribution >= 0.6 is 0 Å². The van der Waals surface area contributed by atoms with Gasteiger partial charge >= 0.3 is 0 Å². The Labute approximate surface area is 184 Å². The number of carbonyl (C=O) groups is 2. The van der Waals surface area contributed by atoms with Crippen LogP contribution in [0.4, 0.5) is 5.69 Å². The lowest BCUT2D eigenvalue weighted by Crippen LogP contribution is -2.41. The Morgan fingerprint density at radius 2 is 1.90 bits per heavy atom. The number of nitrogens with one attached hydrogen (secondary N) is 2. The zero-order valence-corrected chi connectivity index (χ0v) is 19.3. The molecule has 166 valence electrons.